The number of piperidine rings is 1. The molecule has 182 valence electrons. The molecule has 4 aromatic rings. The highest BCUT2D eigenvalue weighted by Crippen LogP contribution is 2.46. The lowest BCUT2D eigenvalue weighted by molar-refractivity contribution is 0.104. The van der Waals surface area contributed by atoms with Crippen molar-refractivity contribution in [2.75, 3.05) is 31.5 Å². The molecule has 1 aliphatic carbocycles. The van der Waals surface area contributed by atoms with Crippen LogP contribution in [0.15, 0.2) is 59.1 Å². The molecule has 3 aliphatic rings. The topological polar surface area (TPSA) is 70.4 Å². The number of nitrogens with zero attached hydrogens (tertiary/aromatic N) is 2. The van der Waals surface area contributed by atoms with Crippen LogP contribution in [0.1, 0.15) is 58.6 Å². The van der Waals surface area contributed by atoms with Crippen LogP contribution in [0, 0.1) is 0 Å². The van der Waals surface area contributed by atoms with Crippen LogP contribution in [-0.4, -0.2) is 42.0 Å². The van der Waals surface area contributed by atoms with E-state index in [0.29, 0.717) is 22.8 Å². The van der Waals surface area contributed by atoms with Crippen molar-refractivity contribution in [3.8, 4) is 11.3 Å². The van der Waals surface area contributed by atoms with E-state index in [1.54, 1.807) is 0 Å². The molecule has 2 saturated heterocycles. The summed E-state index contributed by atoms with van der Waals surface area (Å²) in [6.45, 7) is 5.35. The van der Waals surface area contributed by atoms with Crippen LogP contribution in [0.2, 0.25) is 0 Å². The predicted molar refractivity (Wildman–Crippen MR) is 142 cm³/mol. The van der Waals surface area contributed by atoms with Crippen molar-refractivity contribution in [2.45, 2.75) is 38.1 Å². The van der Waals surface area contributed by atoms with Crippen molar-refractivity contribution >= 4 is 28.1 Å². The van der Waals surface area contributed by atoms with Gasteiger partial charge >= 0.3 is 0 Å². The van der Waals surface area contributed by atoms with E-state index in [9.17, 15) is 4.79 Å². The third-order valence-electron chi connectivity index (χ3n) is 8.04. The minimum absolute atomic E-state index is 0.0244. The molecule has 1 aromatic heterocycles. The molecule has 2 fully saturated rings. The fraction of sp³-hybridized carbons (Fsp3) is 0.333. The Morgan fingerprint density at radius 3 is 2.53 bits per heavy atom. The summed E-state index contributed by atoms with van der Waals surface area (Å²) < 4.78 is 5.94. The number of likely N-dealkylation sites (tertiary alicyclic amines) is 1. The van der Waals surface area contributed by atoms with E-state index in [0.717, 1.165) is 60.3 Å². The molecule has 3 aromatic carbocycles. The molecule has 2 N–H and O–H groups in total. The van der Waals surface area contributed by atoms with Crippen molar-refractivity contribution in [3.05, 3.63) is 76.9 Å². The number of fused-ring (bicyclic) bond motifs is 2. The number of carbonyl (C=O) groups is 1. The zero-order valence-corrected chi connectivity index (χ0v) is 20.3. The number of ketones is 1. The van der Waals surface area contributed by atoms with Crippen molar-refractivity contribution in [2.24, 2.45) is 0 Å². The fourth-order valence-electron chi connectivity index (χ4n) is 6.17. The van der Waals surface area contributed by atoms with Gasteiger partial charge in [-0.3, -0.25) is 9.69 Å². The Hall–Kier alpha value is -3.48. The summed E-state index contributed by atoms with van der Waals surface area (Å²) in [6, 6.07) is 18.5. The molecule has 0 bridgehead atoms. The molecule has 0 atom stereocenters. The van der Waals surface area contributed by atoms with Gasteiger partial charge < -0.3 is 15.2 Å². The number of hydrogen-bond donors (Lipinski definition) is 2. The summed E-state index contributed by atoms with van der Waals surface area (Å²) in [5.74, 6) is 1.11. The Morgan fingerprint density at radius 2 is 1.75 bits per heavy atom. The molecule has 36 heavy (non-hydrogen) atoms. The molecule has 6 nitrogen and oxygen atoms in total. The van der Waals surface area contributed by atoms with Crippen LogP contribution < -0.4 is 10.6 Å². The lowest BCUT2D eigenvalue weighted by atomic mass is 9.82. The first-order chi connectivity index (χ1) is 17.8. The lowest BCUT2D eigenvalue weighted by Crippen LogP contribution is -2.27. The molecule has 0 spiro atoms. The third-order valence-corrected chi connectivity index (χ3v) is 8.04. The molecule has 0 amide bonds. The predicted octanol–water partition coefficient (Wildman–Crippen LogP) is 5.85. The second kappa shape index (κ2) is 8.87. The van der Waals surface area contributed by atoms with Gasteiger partial charge in [-0.1, -0.05) is 41.6 Å². The smallest absolute Gasteiger partial charge is 0.196 e. The van der Waals surface area contributed by atoms with Gasteiger partial charge in [0, 0.05) is 23.4 Å². The van der Waals surface area contributed by atoms with Gasteiger partial charge in [0.15, 0.2) is 11.5 Å². The van der Waals surface area contributed by atoms with Crippen LogP contribution in [0.3, 0.4) is 0 Å². The number of aromatic nitrogens is 1. The van der Waals surface area contributed by atoms with E-state index < -0.39 is 0 Å². The second-order valence-electron chi connectivity index (χ2n) is 10.3. The van der Waals surface area contributed by atoms with Crippen molar-refractivity contribution in [1.29, 1.82) is 0 Å². The van der Waals surface area contributed by atoms with Gasteiger partial charge in [-0.25, -0.2) is 0 Å². The maximum absolute atomic E-state index is 13.8. The van der Waals surface area contributed by atoms with E-state index in [1.807, 2.05) is 24.3 Å². The maximum Gasteiger partial charge on any atom is 0.196 e. The van der Waals surface area contributed by atoms with Gasteiger partial charge in [-0.2, -0.15) is 0 Å². The molecule has 3 heterocycles. The summed E-state index contributed by atoms with van der Waals surface area (Å²) in [5, 5.41) is 12.4. The Labute approximate surface area is 210 Å². The average Bonchev–Trinajstić information content (AvgIpc) is 3.60. The van der Waals surface area contributed by atoms with Crippen molar-refractivity contribution in [3.63, 3.8) is 0 Å². The van der Waals surface area contributed by atoms with E-state index in [-0.39, 0.29) is 5.78 Å². The molecular formula is C30H30N4O2. The SMILES string of the molecule is O=C1c2ccccc2-c2onc3c(C4CCNCC4)cc(Nc4ccc(CN5CCCC5)cc4)c1c23. The summed E-state index contributed by atoms with van der Waals surface area (Å²) in [7, 11) is 0. The molecule has 0 radical (unpaired) electrons. The number of rotatable bonds is 5. The third kappa shape index (κ3) is 3.64. The second-order valence-corrected chi connectivity index (χ2v) is 10.3. The molecule has 0 saturated carbocycles. The first-order valence-electron chi connectivity index (χ1n) is 13.2. The van der Waals surface area contributed by atoms with E-state index in [2.05, 4.69) is 51.0 Å². The summed E-state index contributed by atoms with van der Waals surface area (Å²) >= 11 is 0. The highest BCUT2D eigenvalue weighted by Gasteiger charge is 2.34. The zero-order chi connectivity index (χ0) is 24.1. The first-order valence-corrected chi connectivity index (χ1v) is 13.2. The van der Waals surface area contributed by atoms with E-state index in [4.69, 9.17) is 4.52 Å². The zero-order valence-electron chi connectivity index (χ0n) is 20.3. The van der Waals surface area contributed by atoms with Crippen molar-refractivity contribution in [1.82, 2.24) is 15.4 Å². The highest BCUT2D eigenvalue weighted by molar-refractivity contribution is 6.27. The Morgan fingerprint density at radius 1 is 1.00 bits per heavy atom. The van der Waals surface area contributed by atoms with Crippen LogP contribution in [-0.2, 0) is 6.54 Å². The van der Waals surface area contributed by atoms with Gasteiger partial charge in [0.25, 0.3) is 0 Å². The minimum Gasteiger partial charge on any atom is -0.355 e. The van der Waals surface area contributed by atoms with Gasteiger partial charge in [0.05, 0.1) is 16.6 Å². The van der Waals surface area contributed by atoms with Gasteiger partial charge in [-0.15, -0.1) is 0 Å². The van der Waals surface area contributed by atoms with Gasteiger partial charge in [-0.05, 0) is 87.1 Å². The summed E-state index contributed by atoms with van der Waals surface area (Å²) in [5.41, 5.74) is 7.31. The maximum atomic E-state index is 13.8. The van der Waals surface area contributed by atoms with Gasteiger partial charge in [0.1, 0.15) is 5.52 Å². The molecular weight excluding hydrogens is 448 g/mol. The van der Waals surface area contributed by atoms with Crippen LogP contribution in [0.4, 0.5) is 11.4 Å². The Bertz CT molecular complexity index is 1440. The highest BCUT2D eigenvalue weighted by atomic mass is 16.5. The fourth-order valence-corrected chi connectivity index (χ4v) is 6.17. The standard InChI is InChI=1S/C30H30N4O2/c35-29-22-5-1-2-6-23(22)30-27-26(29)25(17-24(28(27)33-36-30)20-11-13-31-14-12-20)32-21-9-7-19(8-10-21)18-34-15-3-4-16-34/h1-2,5-10,17,20,31-32H,3-4,11-16,18H2. The monoisotopic (exact) mass is 478 g/mol. The normalized spacial score (nSPS) is 18.1. The molecule has 6 heteroatoms. The number of benzene rings is 3. The summed E-state index contributed by atoms with van der Waals surface area (Å²) in [4.78, 5) is 16.3. The quantitative estimate of drug-likeness (QED) is 0.330. The lowest BCUT2D eigenvalue weighted by Gasteiger charge is -2.25. The Balaban J connectivity index is 1.32. The number of carbonyl (C=O) groups excluding carboxylic acids is 1. The molecule has 7 rings (SSSR count). The largest absolute Gasteiger partial charge is 0.355 e. The number of anilines is 2. The van der Waals surface area contributed by atoms with E-state index in [1.165, 1.54) is 37.1 Å². The molecule has 2 aliphatic heterocycles. The number of hydrogen-bond acceptors (Lipinski definition) is 6. The van der Waals surface area contributed by atoms with Crippen LogP contribution in [0.5, 0.6) is 0 Å². The van der Waals surface area contributed by atoms with E-state index >= 15 is 0 Å². The van der Waals surface area contributed by atoms with Gasteiger partial charge in [0.2, 0.25) is 0 Å². The number of nitrogens with one attached hydrogen (secondary N) is 2. The Kier molecular flexibility index (Phi) is 5.37. The first kappa shape index (κ1) is 21.8. The van der Waals surface area contributed by atoms with Crippen molar-refractivity contribution < 1.29 is 9.32 Å². The minimum atomic E-state index is 0.0244. The van der Waals surface area contributed by atoms with Crippen LogP contribution >= 0.6 is 0 Å². The molecule has 0 unspecified atom stereocenters. The summed E-state index contributed by atoms with van der Waals surface area (Å²) in [6.07, 6.45) is 4.69. The van der Waals surface area contributed by atoms with Crippen LogP contribution in [0.25, 0.3) is 22.2 Å². The average molecular weight is 479 g/mol.